The summed E-state index contributed by atoms with van der Waals surface area (Å²) in [6.45, 7) is -0.0267. The van der Waals surface area contributed by atoms with Gasteiger partial charge in [-0.15, -0.1) is 11.3 Å². The van der Waals surface area contributed by atoms with Gasteiger partial charge in [0.25, 0.3) is 10.0 Å². The van der Waals surface area contributed by atoms with E-state index in [1.165, 1.54) is 29.8 Å². The minimum absolute atomic E-state index is 0.0267. The lowest BCUT2D eigenvalue weighted by Crippen LogP contribution is -2.24. The number of esters is 1. The Morgan fingerprint density at radius 2 is 2.05 bits per heavy atom. The van der Waals surface area contributed by atoms with Crippen molar-refractivity contribution in [1.29, 1.82) is 0 Å². The van der Waals surface area contributed by atoms with E-state index in [0.29, 0.717) is 5.56 Å². The van der Waals surface area contributed by atoms with E-state index in [-0.39, 0.29) is 16.4 Å². The molecule has 9 heteroatoms. The molecule has 0 spiro atoms. The quantitative estimate of drug-likeness (QED) is 0.841. The van der Waals surface area contributed by atoms with Crippen molar-refractivity contribution in [2.45, 2.75) is 10.8 Å². The Morgan fingerprint density at radius 1 is 1.38 bits per heavy atom. The number of thiazole rings is 1. The summed E-state index contributed by atoms with van der Waals surface area (Å²) in [5, 5.41) is 0. The monoisotopic (exact) mass is 330 g/mol. The van der Waals surface area contributed by atoms with Gasteiger partial charge in [-0.1, -0.05) is 12.1 Å². The van der Waals surface area contributed by atoms with E-state index in [9.17, 15) is 17.6 Å². The minimum atomic E-state index is -3.90. The highest BCUT2D eigenvalue weighted by atomic mass is 32.2. The van der Waals surface area contributed by atoms with Gasteiger partial charge in [0, 0.05) is 6.54 Å². The van der Waals surface area contributed by atoms with Crippen molar-refractivity contribution in [2.24, 2.45) is 0 Å². The van der Waals surface area contributed by atoms with Gasteiger partial charge >= 0.3 is 5.97 Å². The van der Waals surface area contributed by atoms with Crippen molar-refractivity contribution >= 4 is 27.3 Å². The van der Waals surface area contributed by atoms with Crippen LogP contribution < -0.4 is 4.72 Å². The van der Waals surface area contributed by atoms with Crippen LogP contribution in [0.3, 0.4) is 0 Å². The Balaban J connectivity index is 2.17. The van der Waals surface area contributed by atoms with Crippen LogP contribution in [0.15, 0.2) is 34.0 Å². The summed E-state index contributed by atoms with van der Waals surface area (Å²) in [5.74, 6) is -1.23. The number of nitrogens with zero attached hydrogens (tertiary/aromatic N) is 1. The first-order valence-electron chi connectivity index (χ1n) is 5.70. The summed E-state index contributed by atoms with van der Waals surface area (Å²) >= 11 is 0.815. The largest absolute Gasteiger partial charge is 0.464 e. The van der Waals surface area contributed by atoms with Crippen LogP contribution in [0, 0.1) is 5.82 Å². The van der Waals surface area contributed by atoms with Crippen molar-refractivity contribution in [3.63, 3.8) is 0 Å². The topological polar surface area (TPSA) is 85.4 Å². The minimum Gasteiger partial charge on any atom is -0.464 e. The maximum Gasteiger partial charge on any atom is 0.358 e. The molecule has 0 unspecified atom stereocenters. The number of rotatable bonds is 5. The zero-order valence-corrected chi connectivity index (χ0v) is 12.5. The van der Waals surface area contributed by atoms with Crippen LogP contribution in [-0.2, 0) is 21.3 Å². The molecule has 0 aliphatic heterocycles. The third kappa shape index (κ3) is 3.63. The molecular weight excluding hydrogens is 319 g/mol. The highest BCUT2D eigenvalue weighted by Gasteiger charge is 2.26. The lowest BCUT2D eigenvalue weighted by atomic mass is 10.2. The molecule has 0 saturated carbocycles. The van der Waals surface area contributed by atoms with E-state index in [1.54, 1.807) is 0 Å². The van der Waals surface area contributed by atoms with Gasteiger partial charge in [-0.3, -0.25) is 0 Å². The van der Waals surface area contributed by atoms with Crippen molar-refractivity contribution in [3.8, 4) is 0 Å². The average molecular weight is 330 g/mol. The molecule has 112 valence electrons. The van der Waals surface area contributed by atoms with Gasteiger partial charge in [-0.25, -0.2) is 27.3 Å². The fourth-order valence-electron chi connectivity index (χ4n) is 1.50. The predicted molar refractivity (Wildman–Crippen MR) is 73.9 cm³/mol. The highest BCUT2D eigenvalue weighted by molar-refractivity contribution is 7.91. The predicted octanol–water partition coefficient (Wildman–Crippen LogP) is 1.55. The second-order valence-electron chi connectivity index (χ2n) is 3.93. The zero-order chi connectivity index (χ0) is 15.5. The van der Waals surface area contributed by atoms with E-state index in [1.807, 2.05) is 0 Å². The van der Waals surface area contributed by atoms with E-state index in [4.69, 9.17) is 0 Å². The Hall–Kier alpha value is -1.84. The summed E-state index contributed by atoms with van der Waals surface area (Å²) in [5.41, 5.74) is 1.58. The molecule has 2 aromatic rings. The molecule has 0 bridgehead atoms. The van der Waals surface area contributed by atoms with E-state index < -0.39 is 21.8 Å². The second-order valence-corrected chi connectivity index (χ2v) is 6.75. The number of carbonyl (C=O) groups is 1. The van der Waals surface area contributed by atoms with Crippen molar-refractivity contribution in [3.05, 3.63) is 46.9 Å². The molecular formula is C12H11FN2O4S2. The Bertz CT molecular complexity index is 741. The number of sulfonamides is 1. The number of methoxy groups -OCH3 is 1. The Labute approximate surface area is 124 Å². The van der Waals surface area contributed by atoms with Gasteiger partial charge in [-0.2, -0.15) is 0 Å². The van der Waals surface area contributed by atoms with Crippen molar-refractivity contribution in [1.82, 2.24) is 9.71 Å². The van der Waals surface area contributed by atoms with E-state index in [2.05, 4.69) is 14.4 Å². The molecule has 0 atom stereocenters. The summed E-state index contributed by atoms with van der Waals surface area (Å²) in [6, 6.07) is 5.39. The summed E-state index contributed by atoms with van der Waals surface area (Å²) in [7, 11) is -2.76. The molecule has 0 fully saturated rings. The SMILES string of the molecule is COC(=O)c1ncsc1S(=O)(=O)NCc1ccc(F)cc1. The van der Waals surface area contributed by atoms with Crippen LogP contribution in [0.2, 0.25) is 0 Å². The van der Waals surface area contributed by atoms with Crippen LogP contribution in [0.25, 0.3) is 0 Å². The molecule has 21 heavy (non-hydrogen) atoms. The van der Waals surface area contributed by atoms with E-state index >= 15 is 0 Å². The molecule has 0 saturated heterocycles. The number of ether oxygens (including phenoxy) is 1. The lowest BCUT2D eigenvalue weighted by molar-refractivity contribution is 0.0590. The Morgan fingerprint density at radius 3 is 2.67 bits per heavy atom. The fourth-order valence-corrected chi connectivity index (χ4v) is 3.70. The van der Waals surface area contributed by atoms with Crippen LogP contribution in [-0.4, -0.2) is 26.5 Å². The molecule has 2 rings (SSSR count). The number of hydrogen-bond donors (Lipinski definition) is 1. The third-order valence-electron chi connectivity index (χ3n) is 2.54. The molecule has 6 nitrogen and oxygen atoms in total. The second kappa shape index (κ2) is 6.29. The van der Waals surface area contributed by atoms with Crippen LogP contribution in [0.1, 0.15) is 16.1 Å². The highest BCUT2D eigenvalue weighted by Crippen LogP contribution is 2.20. The van der Waals surface area contributed by atoms with Crippen LogP contribution in [0.4, 0.5) is 4.39 Å². The summed E-state index contributed by atoms with van der Waals surface area (Å²) < 4.78 is 43.7. The van der Waals surface area contributed by atoms with Gasteiger partial charge in [0.05, 0.1) is 12.6 Å². The van der Waals surface area contributed by atoms with Gasteiger partial charge < -0.3 is 4.74 Å². The summed E-state index contributed by atoms with van der Waals surface area (Å²) in [4.78, 5) is 15.1. The number of hydrogen-bond acceptors (Lipinski definition) is 6. The zero-order valence-electron chi connectivity index (χ0n) is 10.9. The maximum atomic E-state index is 12.8. The molecule has 1 aromatic heterocycles. The normalized spacial score (nSPS) is 11.3. The standard InChI is InChI=1S/C12H11FN2O4S2/c1-19-11(16)10-12(20-7-14-10)21(17,18)15-6-8-2-4-9(13)5-3-8/h2-5,7,15H,6H2,1H3. The number of halogens is 1. The molecule has 0 amide bonds. The first kappa shape index (κ1) is 15.5. The van der Waals surface area contributed by atoms with Gasteiger partial charge in [0.1, 0.15) is 5.82 Å². The maximum absolute atomic E-state index is 12.8. The molecule has 0 aliphatic carbocycles. The number of aromatic nitrogens is 1. The van der Waals surface area contributed by atoms with E-state index in [0.717, 1.165) is 18.4 Å². The van der Waals surface area contributed by atoms with Gasteiger partial charge in [0.15, 0.2) is 9.90 Å². The third-order valence-corrected chi connectivity index (χ3v) is 5.31. The first-order valence-corrected chi connectivity index (χ1v) is 8.06. The molecule has 0 radical (unpaired) electrons. The van der Waals surface area contributed by atoms with Gasteiger partial charge in [0.2, 0.25) is 0 Å². The number of nitrogens with one attached hydrogen (secondary N) is 1. The van der Waals surface area contributed by atoms with Crippen LogP contribution >= 0.6 is 11.3 Å². The lowest BCUT2D eigenvalue weighted by Gasteiger charge is -2.06. The molecule has 1 N–H and O–H groups in total. The molecule has 1 heterocycles. The fraction of sp³-hybridized carbons (Fsp3) is 0.167. The average Bonchev–Trinajstić information content (AvgIpc) is 2.96. The Kier molecular flexibility index (Phi) is 4.66. The number of benzene rings is 1. The molecule has 1 aromatic carbocycles. The van der Waals surface area contributed by atoms with Crippen molar-refractivity contribution < 1.29 is 22.3 Å². The first-order chi connectivity index (χ1) is 9.94. The van der Waals surface area contributed by atoms with Crippen LogP contribution in [0.5, 0.6) is 0 Å². The number of carbonyl (C=O) groups excluding carboxylic acids is 1. The summed E-state index contributed by atoms with van der Waals surface area (Å²) in [6.07, 6.45) is 0. The van der Waals surface area contributed by atoms with Crippen molar-refractivity contribution in [2.75, 3.05) is 7.11 Å². The molecule has 0 aliphatic rings. The van der Waals surface area contributed by atoms with Gasteiger partial charge in [-0.05, 0) is 17.7 Å². The smallest absolute Gasteiger partial charge is 0.358 e.